The van der Waals surface area contributed by atoms with Crippen molar-refractivity contribution in [1.29, 1.82) is 0 Å². The molecule has 5 rings (SSSR count). The molecule has 2 amide bonds. The van der Waals surface area contributed by atoms with Crippen LogP contribution in [0.4, 0.5) is 17.3 Å². The number of benzene rings is 3. The highest BCUT2D eigenvalue weighted by atomic mass is 35.5. The zero-order valence-corrected chi connectivity index (χ0v) is 22.6. The Morgan fingerprint density at radius 3 is 2.61 bits per heavy atom. The van der Waals surface area contributed by atoms with Gasteiger partial charge in [-0.3, -0.25) is 9.59 Å². The van der Waals surface area contributed by atoms with Gasteiger partial charge in [-0.05, 0) is 68.1 Å². The second kappa shape index (κ2) is 11.9. The molecule has 8 nitrogen and oxygen atoms in total. The topological polar surface area (TPSA) is 108 Å². The van der Waals surface area contributed by atoms with Gasteiger partial charge in [0.2, 0.25) is 5.95 Å². The maximum absolute atomic E-state index is 13.5. The molecular weight excluding hydrogens is 525 g/mol. The maximum atomic E-state index is 13.5. The fourth-order valence-corrected chi connectivity index (χ4v) is 4.60. The van der Waals surface area contributed by atoms with Gasteiger partial charge in [-0.2, -0.15) is 0 Å². The smallest absolute Gasteiger partial charge is 0.258 e. The number of rotatable bonds is 7. The molecule has 0 aliphatic carbocycles. The van der Waals surface area contributed by atoms with Gasteiger partial charge in [-0.25, -0.2) is 4.98 Å². The fraction of sp³-hybridized carbons (Fsp3) is 0.250. The minimum absolute atomic E-state index is 0. The number of H-pyrrole nitrogens is 1. The molecule has 1 fully saturated rings. The van der Waals surface area contributed by atoms with E-state index in [0.29, 0.717) is 51.1 Å². The minimum atomic E-state index is -0.362. The average molecular weight is 554 g/mol. The van der Waals surface area contributed by atoms with Crippen LogP contribution in [0.15, 0.2) is 54.6 Å². The van der Waals surface area contributed by atoms with Crippen LogP contribution in [-0.4, -0.2) is 41.0 Å². The van der Waals surface area contributed by atoms with Crippen molar-refractivity contribution in [1.82, 2.24) is 9.97 Å². The summed E-state index contributed by atoms with van der Waals surface area (Å²) in [5, 5.41) is 9.70. The molecule has 1 aromatic heterocycles. The second-order valence-corrected chi connectivity index (χ2v) is 9.56. The summed E-state index contributed by atoms with van der Waals surface area (Å²) in [4.78, 5) is 34.4. The van der Waals surface area contributed by atoms with Crippen molar-refractivity contribution in [3.63, 3.8) is 0 Å². The Labute approximate surface area is 231 Å². The van der Waals surface area contributed by atoms with Gasteiger partial charge in [0.1, 0.15) is 5.52 Å². The van der Waals surface area contributed by atoms with Crippen molar-refractivity contribution < 1.29 is 14.3 Å². The number of carbonyl (C=O) groups is 2. The van der Waals surface area contributed by atoms with E-state index in [-0.39, 0.29) is 30.3 Å². The van der Waals surface area contributed by atoms with E-state index in [2.05, 4.69) is 25.9 Å². The summed E-state index contributed by atoms with van der Waals surface area (Å²) in [7, 11) is 0. The van der Waals surface area contributed by atoms with Crippen molar-refractivity contribution in [2.24, 2.45) is 0 Å². The highest BCUT2D eigenvalue weighted by molar-refractivity contribution is 6.31. The van der Waals surface area contributed by atoms with Gasteiger partial charge in [0.15, 0.2) is 0 Å². The van der Waals surface area contributed by atoms with Crippen LogP contribution in [0.2, 0.25) is 5.02 Å². The largest absolute Gasteiger partial charge is 0.376 e. The summed E-state index contributed by atoms with van der Waals surface area (Å²) < 4.78 is 5.69. The van der Waals surface area contributed by atoms with E-state index in [4.69, 9.17) is 16.3 Å². The number of amides is 2. The number of aromatic amines is 1. The Kier molecular flexibility index (Phi) is 8.56. The lowest BCUT2D eigenvalue weighted by atomic mass is 10.1. The van der Waals surface area contributed by atoms with Gasteiger partial charge < -0.3 is 25.7 Å². The predicted molar refractivity (Wildman–Crippen MR) is 154 cm³/mol. The number of fused-ring (bicyclic) bond motifs is 1. The molecule has 0 radical (unpaired) electrons. The van der Waals surface area contributed by atoms with Crippen molar-refractivity contribution in [3.8, 4) is 0 Å². The van der Waals surface area contributed by atoms with Gasteiger partial charge in [0.05, 0.1) is 17.2 Å². The monoisotopic (exact) mass is 553 g/mol. The fourth-order valence-electron chi connectivity index (χ4n) is 4.42. The highest BCUT2D eigenvalue weighted by Crippen LogP contribution is 2.28. The lowest BCUT2D eigenvalue weighted by Gasteiger charge is -2.12. The van der Waals surface area contributed by atoms with Crippen molar-refractivity contribution in [2.45, 2.75) is 32.8 Å². The number of anilines is 3. The number of aromatic nitrogens is 2. The molecular formula is C28H29Cl2N5O3. The molecule has 198 valence electrons. The number of halogens is 2. The summed E-state index contributed by atoms with van der Waals surface area (Å²) in [5.41, 5.74) is 4.68. The van der Waals surface area contributed by atoms with Crippen LogP contribution in [0.5, 0.6) is 0 Å². The molecule has 2 heterocycles. The normalized spacial score (nSPS) is 14.7. The summed E-state index contributed by atoms with van der Waals surface area (Å²) >= 11 is 6.25. The van der Waals surface area contributed by atoms with Gasteiger partial charge in [0.25, 0.3) is 11.8 Å². The Morgan fingerprint density at radius 2 is 1.84 bits per heavy atom. The Morgan fingerprint density at radius 1 is 1.05 bits per heavy atom. The van der Waals surface area contributed by atoms with Crippen LogP contribution >= 0.6 is 24.0 Å². The molecule has 3 aromatic carbocycles. The van der Waals surface area contributed by atoms with Crippen LogP contribution in [0.25, 0.3) is 11.0 Å². The van der Waals surface area contributed by atoms with Crippen LogP contribution < -0.4 is 16.0 Å². The van der Waals surface area contributed by atoms with Crippen LogP contribution in [0, 0.1) is 13.8 Å². The lowest BCUT2D eigenvalue weighted by Crippen LogP contribution is -2.18. The summed E-state index contributed by atoms with van der Waals surface area (Å²) in [6.07, 6.45) is 2.17. The molecule has 1 saturated heterocycles. The van der Waals surface area contributed by atoms with E-state index in [1.165, 1.54) is 0 Å². The molecule has 1 atom stereocenters. The highest BCUT2D eigenvalue weighted by Gasteiger charge is 2.20. The first-order valence-electron chi connectivity index (χ1n) is 12.2. The molecule has 0 bridgehead atoms. The molecule has 1 aliphatic heterocycles. The molecule has 10 heteroatoms. The third-order valence-corrected chi connectivity index (χ3v) is 6.93. The molecule has 4 aromatic rings. The number of nitrogens with one attached hydrogen (secondary N) is 4. The summed E-state index contributed by atoms with van der Waals surface area (Å²) in [5.74, 6) is -0.0915. The molecule has 0 unspecified atom stereocenters. The first kappa shape index (κ1) is 27.4. The van der Waals surface area contributed by atoms with E-state index in [1.54, 1.807) is 36.4 Å². The first-order chi connectivity index (χ1) is 17.9. The summed E-state index contributed by atoms with van der Waals surface area (Å²) in [6.45, 7) is 5.10. The predicted octanol–water partition coefficient (Wildman–Crippen LogP) is 6.35. The van der Waals surface area contributed by atoms with Crippen molar-refractivity contribution >= 4 is 64.2 Å². The Hall–Kier alpha value is -3.59. The zero-order chi connectivity index (χ0) is 25.9. The molecule has 1 aliphatic rings. The number of hydrogen-bond acceptors (Lipinski definition) is 5. The first-order valence-corrected chi connectivity index (χ1v) is 12.6. The molecule has 0 spiro atoms. The second-order valence-electron chi connectivity index (χ2n) is 9.16. The number of imidazole rings is 1. The van der Waals surface area contributed by atoms with E-state index >= 15 is 0 Å². The number of carbonyl (C=O) groups excluding carboxylic acids is 2. The Balaban J connectivity index is 0.00000336. The molecule has 0 saturated carbocycles. The van der Waals surface area contributed by atoms with Gasteiger partial charge in [-0.15, -0.1) is 12.4 Å². The maximum Gasteiger partial charge on any atom is 0.258 e. The molecule has 38 heavy (non-hydrogen) atoms. The summed E-state index contributed by atoms with van der Waals surface area (Å²) in [6, 6.07) is 16.1. The zero-order valence-electron chi connectivity index (χ0n) is 21.1. The van der Waals surface area contributed by atoms with Crippen molar-refractivity contribution in [3.05, 3.63) is 81.9 Å². The van der Waals surface area contributed by atoms with Crippen LogP contribution in [0.1, 0.15) is 44.7 Å². The van der Waals surface area contributed by atoms with E-state index in [9.17, 15) is 9.59 Å². The van der Waals surface area contributed by atoms with E-state index in [1.807, 2.05) is 32.0 Å². The average Bonchev–Trinajstić information content (AvgIpc) is 3.55. The Bertz CT molecular complexity index is 1480. The molecule has 4 N–H and O–H groups in total. The lowest BCUT2D eigenvalue weighted by molar-refractivity contribution is 0.101. The third-order valence-electron chi connectivity index (χ3n) is 6.52. The van der Waals surface area contributed by atoms with Crippen LogP contribution in [-0.2, 0) is 4.74 Å². The SMILES string of the molecule is Cc1ccccc1C(=O)Nc1cc(C(=O)Nc2cccc(Cl)c2C)c2nc(NC[C@@H]3CCCO3)[nH]c2c1.Cl. The standard InChI is InChI=1S/C28H28ClN5O3.ClH/c1-16-7-3-4-9-20(16)26(35)31-18-13-21(27(36)32-23-11-5-10-22(29)17(23)2)25-24(14-18)33-28(34-25)30-15-19-8-6-12-37-19;/h3-5,7,9-11,13-14,19H,6,8,12,15H2,1-2H3,(H,31,35)(H,32,36)(H2,30,33,34);1H/t19-;/m0./s1. The van der Waals surface area contributed by atoms with Gasteiger partial charge >= 0.3 is 0 Å². The van der Waals surface area contributed by atoms with Crippen LogP contribution in [0.3, 0.4) is 0 Å². The number of ether oxygens (including phenoxy) is 1. The van der Waals surface area contributed by atoms with E-state index in [0.717, 1.165) is 30.6 Å². The van der Waals surface area contributed by atoms with Crippen molar-refractivity contribution in [2.75, 3.05) is 29.1 Å². The van der Waals surface area contributed by atoms with Gasteiger partial charge in [-0.1, -0.05) is 35.9 Å². The number of nitrogens with zero attached hydrogens (tertiary/aromatic N) is 1. The van der Waals surface area contributed by atoms with Gasteiger partial charge in [0, 0.05) is 35.1 Å². The number of hydrogen-bond donors (Lipinski definition) is 4. The van der Waals surface area contributed by atoms with E-state index < -0.39 is 0 Å². The number of aryl methyl sites for hydroxylation is 1. The minimum Gasteiger partial charge on any atom is -0.376 e. The third kappa shape index (κ3) is 5.93. The quantitative estimate of drug-likeness (QED) is 0.213.